The number of ether oxygens (including phenoxy) is 2. The van der Waals surface area contributed by atoms with Crippen LogP contribution in [0.2, 0.25) is 0 Å². The van der Waals surface area contributed by atoms with Crippen LogP contribution in [0.15, 0.2) is 30.6 Å². The molecule has 1 amide bonds. The van der Waals surface area contributed by atoms with Crippen LogP contribution in [0.1, 0.15) is 37.2 Å². The summed E-state index contributed by atoms with van der Waals surface area (Å²) in [5.74, 6) is 1.80. The quantitative estimate of drug-likeness (QED) is 0.821. The second kappa shape index (κ2) is 8.51. The monoisotopic (exact) mass is 356 g/mol. The molecule has 26 heavy (non-hydrogen) atoms. The summed E-state index contributed by atoms with van der Waals surface area (Å²) < 4.78 is 11.0. The third-order valence-electron chi connectivity index (χ3n) is 3.98. The number of rotatable bonds is 7. The number of carbonyl (C=O) groups excluding carboxylic acids is 1. The van der Waals surface area contributed by atoms with E-state index in [4.69, 9.17) is 9.47 Å². The minimum absolute atomic E-state index is 0.275. The van der Waals surface area contributed by atoms with Gasteiger partial charge in [-0.25, -0.2) is 9.97 Å². The molecular weight excluding hydrogens is 332 g/mol. The van der Waals surface area contributed by atoms with E-state index in [1.54, 1.807) is 24.4 Å². The van der Waals surface area contributed by atoms with Gasteiger partial charge in [0.25, 0.3) is 5.91 Å². The molecule has 0 saturated heterocycles. The Bertz CT molecular complexity index is 743. The van der Waals surface area contributed by atoms with Crippen molar-refractivity contribution < 1.29 is 14.3 Å². The highest BCUT2D eigenvalue weighted by Crippen LogP contribution is 2.32. The molecule has 138 valence electrons. The minimum atomic E-state index is -0.307. The summed E-state index contributed by atoms with van der Waals surface area (Å²) in [5, 5.41) is 2.82. The first-order chi connectivity index (χ1) is 12.7. The van der Waals surface area contributed by atoms with Crippen molar-refractivity contribution in [3.8, 4) is 11.5 Å². The fourth-order valence-corrected chi connectivity index (χ4v) is 2.80. The van der Waals surface area contributed by atoms with Gasteiger partial charge in [-0.1, -0.05) is 13.8 Å². The molecular formula is C19H24N4O3. The molecule has 0 radical (unpaired) electrons. The zero-order chi connectivity index (χ0) is 18.4. The lowest BCUT2D eigenvalue weighted by molar-refractivity contribution is 0.102. The van der Waals surface area contributed by atoms with Crippen molar-refractivity contribution >= 4 is 17.4 Å². The Hall–Kier alpha value is -2.83. The fraction of sp³-hybridized carbons (Fsp3) is 0.421. The first kappa shape index (κ1) is 18.0. The Morgan fingerprint density at radius 1 is 1.08 bits per heavy atom. The zero-order valence-corrected chi connectivity index (χ0v) is 15.2. The van der Waals surface area contributed by atoms with Crippen LogP contribution in [0, 0.1) is 0 Å². The molecule has 0 unspecified atom stereocenters. The van der Waals surface area contributed by atoms with E-state index in [1.165, 1.54) is 6.20 Å². The van der Waals surface area contributed by atoms with Crippen molar-refractivity contribution in [2.45, 2.75) is 26.7 Å². The predicted molar refractivity (Wildman–Crippen MR) is 100 cm³/mol. The fourth-order valence-electron chi connectivity index (χ4n) is 2.80. The molecule has 1 aromatic heterocycles. The Balaban J connectivity index is 1.68. The number of carbonyl (C=O) groups is 1. The van der Waals surface area contributed by atoms with Crippen molar-refractivity contribution in [3.63, 3.8) is 0 Å². The Morgan fingerprint density at radius 2 is 1.81 bits per heavy atom. The average Bonchev–Trinajstić information content (AvgIpc) is 2.68. The minimum Gasteiger partial charge on any atom is -0.486 e. The van der Waals surface area contributed by atoms with E-state index in [0.29, 0.717) is 30.4 Å². The van der Waals surface area contributed by atoms with Crippen LogP contribution in [0.4, 0.5) is 11.5 Å². The highest BCUT2D eigenvalue weighted by atomic mass is 16.6. The topological polar surface area (TPSA) is 76.6 Å². The van der Waals surface area contributed by atoms with Crippen molar-refractivity contribution in [3.05, 3.63) is 36.3 Å². The lowest BCUT2D eigenvalue weighted by Crippen LogP contribution is -2.26. The number of anilines is 2. The molecule has 2 heterocycles. The number of amides is 1. The Kier molecular flexibility index (Phi) is 5.88. The van der Waals surface area contributed by atoms with E-state index in [0.717, 1.165) is 31.7 Å². The highest BCUT2D eigenvalue weighted by Gasteiger charge is 2.15. The maximum absolute atomic E-state index is 12.4. The third-order valence-corrected chi connectivity index (χ3v) is 3.98. The number of aromatic nitrogens is 2. The summed E-state index contributed by atoms with van der Waals surface area (Å²) in [6.45, 7) is 7.14. The zero-order valence-electron chi connectivity index (χ0n) is 15.2. The van der Waals surface area contributed by atoms with Gasteiger partial charge in [-0.3, -0.25) is 4.79 Å². The van der Waals surface area contributed by atoms with Crippen LogP contribution >= 0.6 is 0 Å². The molecule has 7 nitrogen and oxygen atoms in total. The van der Waals surface area contributed by atoms with Gasteiger partial charge in [0.15, 0.2) is 11.5 Å². The molecule has 7 heteroatoms. The first-order valence-electron chi connectivity index (χ1n) is 8.99. The predicted octanol–water partition coefficient (Wildman–Crippen LogP) is 3.13. The van der Waals surface area contributed by atoms with Gasteiger partial charge in [-0.15, -0.1) is 0 Å². The maximum Gasteiger partial charge on any atom is 0.275 e. The van der Waals surface area contributed by atoms with Crippen molar-refractivity contribution in [2.24, 2.45) is 0 Å². The summed E-state index contributed by atoms with van der Waals surface area (Å²) in [4.78, 5) is 23.3. The summed E-state index contributed by atoms with van der Waals surface area (Å²) >= 11 is 0. The number of hydrogen-bond donors (Lipinski definition) is 1. The van der Waals surface area contributed by atoms with Crippen molar-refractivity contribution in [1.29, 1.82) is 0 Å². The van der Waals surface area contributed by atoms with E-state index in [9.17, 15) is 4.79 Å². The van der Waals surface area contributed by atoms with Gasteiger partial charge in [-0.05, 0) is 25.0 Å². The van der Waals surface area contributed by atoms with Gasteiger partial charge in [0.1, 0.15) is 24.7 Å². The molecule has 0 bridgehead atoms. The SMILES string of the molecule is CCCN(CCC)c1cnc(C(=O)Nc2ccc3c(c2)OCCO3)cn1. The summed E-state index contributed by atoms with van der Waals surface area (Å²) in [6.07, 6.45) is 5.24. The number of fused-ring (bicyclic) bond motifs is 1. The van der Waals surface area contributed by atoms with Crippen LogP contribution in [-0.2, 0) is 0 Å². The molecule has 1 aliphatic heterocycles. The van der Waals surface area contributed by atoms with Gasteiger partial charge >= 0.3 is 0 Å². The number of nitrogens with zero attached hydrogens (tertiary/aromatic N) is 3. The Labute approximate surface area is 153 Å². The van der Waals surface area contributed by atoms with E-state index in [1.807, 2.05) is 0 Å². The van der Waals surface area contributed by atoms with Crippen LogP contribution < -0.4 is 19.7 Å². The normalized spacial score (nSPS) is 12.5. The second-order valence-corrected chi connectivity index (χ2v) is 6.06. The van der Waals surface area contributed by atoms with Gasteiger partial charge < -0.3 is 19.7 Å². The Morgan fingerprint density at radius 3 is 2.46 bits per heavy atom. The second-order valence-electron chi connectivity index (χ2n) is 6.06. The summed E-state index contributed by atoms with van der Waals surface area (Å²) in [5.41, 5.74) is 0.903. The molecule has 0 saturated carbocycles. The smallest absolute Gasteiger partial charge is 0.275 e. The first-order valence-corrected chi connectivity index (χ1v) is 8.99. The molecule has 0 atom stereocenters. The van der Waals surface area contributed by atoms with Crippen molar-refractivity contribution in [2.75, 3.05) is 36.5 Å². The largest absolute Gasteiger partial charge is 0.486 e. The number of nitrogens with one attached hydrogen (secondary N) is 1. The molecule has 2 aromatic rings. The molecule has 0 spiro atoms. The van der Waals surface area contributed by atoms with Crippen molar-refractivity contribution in [1.82, 2.24) is 9.97 Å². The van der Waals surface area contributed by atoms with Crippen LogP contribution in [0.3, 0.4) is 0 Å². The highest BCUT2D eigenvalue weighted by molar-refractivity contribution is 6.02. The van der Waals surface area contributed by atoms with E-state index < -0.39 is 0 Å². The molecule has 0 fully saturated rings. The molecule has 1 aliphatic rings. The van der Waals surface area contributed by atoms with E-state index in [2.05, 4.69) is 34.0 Å². The van der Waals surface area contributed by atoms with Gasteiger partial charge in [0, 0.05) is 24.8 Å². The van der Waals surface area contributed by atoms with E-state index >= 15 is 0 Å². The van der Waals surface area contributed by atoms with Gasteiger partial charge in [0.05, 0.1) is 12.4 Å². The maximum atomic E-state index is 12.4. The van der Waals surface area contributed by atoms with Crippen LogP contribution in [-0.4, -0.2) is 42.2 Å². The lowest BCUT2D eigenvalue weighted by atomic mass is 10.2. The molecule has 1 N–H and O–H groups in total. The lowest BCUT2D eigenvalue weighted by Gasteiger charge is -2.22. The third kappa shape index (κ3) is 4.22. The molecule has 1 aromatic carbocycles. The summed E-state index contributed by atoms with van der Waals surface area (Å²) in [7, 11) is 0. The average molecular weight is 356 g/mol. The van der Waals surface area contributed by atoms with E-state index in [-0.39, 0.29) is 11.6 Å². The summed E-state index contributed by atoms with van der Waals surface area (Å²) in [6, 6.07) is 5.31. The van der Waals surface area contributed by atoms with Gasteiger partial charge in [0.2, 0.25) is 0 Å². The molecule has 3 rings (SSSR count). The van der Waals surface area contributed by atoms with Crippen LogP contribution in [0.25, 0.3) is 0 Å². The van der Waals surface area contributed by atoms with Crippen LogP contribution in [0.5, 0.6) is 11.5 Å². The number of benzene rings is 1. The van der Waals surface area contributed by atoms with Gasteiger partial charge in [-0.2, -0.15) is 0 Å². The number of hydrogen-bond acceptors (Lipinski definition) is 6. The molecule has 0 aliphatic carbocycles. The standard InChI is InChI=1S/C19H24N4O3/c1-3-7-23(8-4-2)18-13-20-15(12-21-18)19(24)22-14-5-6-16-17(11-14)26-10-9-25-16/h5-6,11-13H,3-4,7-10H2,1-2H3,(H,22,24).